The van der Waals surface area contributed by atoms with Crippen LogP contribution < -0.4 is 0 Å². The first-order chi connectivity index (χ1) is 7.15. The summed E-state index contributed by atoms with van der Waals surface area (Å²) in [6.45, 7) is 1.48. The minimum absolute atomic E-state index is 0.00318. The predicted octanol–water partition coefficient (Wildman–Crippen LogP) is 2.75. The van der Waals surface area contributed by atoms with E-state index in [0.29, 0.717) is 22.7 Å². The molecule has 15 heavy (non-hydrogen) atoms. The molecule has 2 aromatic rings. The number of hydrogen-bond donors (Lipinski definition) is 0. The topological polar surface area (TPSA) is 43.1 Å². The van der Waals surface area contributed by atoms with E-state index in [9.17, 15) is 9.18 Å². The van der Waals surface area contributed by atoms with E-state index in [4.69, 9.17) is 4.42 Å². The average molecular weight is 225 g/mol. The van der Waals surface area contributed by atoms with Crippen molar-refractivity contribution >= 4 is 28.0 Å². The Kier molecular flexibility index (Phi) is 2.73. The van der Waals surface area contributed by atoms with Crippen molar-refractivity contribution < 1.29 is 13.6 Å². The molecule has 5 heteroatoms. The summed E-state index contributed by atoms with van der Waals surface area (Å²) >= 11 is 1.11. The smallest absolute Gasteiger partial charge is 0.205 e. The summed E-state index contributed by atoms with van der Waals surface area (Å²) < 4.78 is 18.1. The molecule has 0 aliphatic carbocycles. The van der Waals surface area contributed by atoms with Crippen LogP contribution in [0.4, 0.5) is 4.39 Å². The van der Waals surface area contributed by atoms with E-state index in [-0.39, 0.29) is 10.9 Å². The second-order valence-electron chi connectivity index (χ2n) is 3.00. The van der Waals surface area contributed by atoms with Gasteiger partial charge in [0, 0.05) is 13.0 Å². The van der Waals surface area contributed by atoms with Gasteiger partial charge < -0.3 is 4.42 Å². The van der Waals surface area contributed by atoms with Gasteiger partial charge in [0.15, 0.2) is 10.7 Å². The fraction of sp³-hybridized carbons (Fsp3) is 0.200. The fourth-order valence-electron chi connectivity index (χ4n) is 1.17. The molecule has 78 valence electrons. The van der Waals surface area contributed by atoms with Crippen LogP contribution in [0.2, 0.25) is 0 Å². The number of fused-ring (bicyclic) bond motifs is 1. The van der Waals surface area contributed by atoms with E-state index in [1.54, 1.807) is 0 Å². The van der Waals surface area contributed by atoms with Gasteiger partial charge in [-0.25, -0.2) is 9.37 Å². The van der Waals surface area contributed by atoms with Gasteiger partial charge in [0.05, 0.1) is 5.75 Å². The maximum atomic E-state index is 12.8. The molecular weight excluding hydrogens is 217 g/mol. The Morgan fingerprint density at radius 1 is 1.60 bits per heavy atom. The number of oxazole rings is 1. The summed E-state index contributed by atoms with van der Waals surface area (Å²) in [6.07, 6.45) is 0. The standard InChI is InChI=1S/C10H8FNO2S/c1-6(13)15-5-10-12-8-4-7(11)2-3-9(8)14-10/h2-4H,5H2,1H3. The monoisotopic (exact) mass is 225 g/mol. The van der Waals surface area contributed by atoms with E-state index < -0.39 is 0 Å². The third kappa shape index (κ3) is 2.36. The third-order valence-corrected chi connectivity index (χ3v) is 2.59. The second-order valence-corrected chi connectivity index (χ2v) is 4.15. The molecule has 0 fully saturated rings. The number of benzene rings is 1. The highest BCUT2D eigenvalue weighted by molar-refractivity contribution is 8.12. The van der Waals surface area contributed by atoms with Gasteiger partial charge in [-0.1, -0.05) is 11.8 Å². The van der Waals surface area contributed by atoms with Crippen LogP contribution in [0.5, 0.6) is 0 Å². The van der Waals surface area contributed by atoms with Crippen LogP contribution in [0.3, 0.4) is 0 Å². The van der Waals surface area contributed by atoms with Crippen LogP contribution in [0.15, 0.2) is 22.6 Å². The van der Waals surface area contributed by atoms with Gasteiger partial charge in [0.1, 0.15) is 11.3 Å². The number of thioether (sulfide) groups is 1. The van der Waals surface area contributed by atoms with Gasteiger partial charge in [0.25, 0.3) is 0 Å². The molecule has 3 nitrogen and oxygen atoms in total. The Labute approximate surface area is 89.7 Å². The van der Waals surface area contributed by atoms with E-state index >= 15 is 0 Å². The van der Waals surface area contributed by atoms with Crippen LogP contribution in [0, 0.1) is 5.82 Å². The normalized spacial score (nSPS) is 10.8. The van der Waals surface area contributed by atoms with Gasteiger partial charge in [-0.05, 0) is 12.1 Å². The Balaban J connectivity index is 2.27. The Hall–Kier alpha value is -1.36. The first-order valence-corrected chi connectivity index (χ1v) is 5.32. The molecule has 0 aliphatic rings. The molecule has 0 N–H and O–H groups in total. The Morgan fingerprint density at radius 3 is 3.13 bits per heavy atom. The molecule has 0 aliphatic heterocycles. The molecule has 0 bridgehead atoms. The number of carbonyl (C=O) groups is 1. The van der Waals surface area contributed by atoms with Gasteiger partial charge in [-0.15, -0.1) is 0 Å². The minimum atomic E-state index is -0.346. The lowest BCUT2D eigenvalue weighted by Gasteiger charge is -1.89. The lowest BCUT2D eigenvalue weighted by atomic mass is 10.3. The van der Waals surface area contributed by atoms with E-state index in [0.717, 1.165) is 11.8 Å². The zero-order valence-electron chi connectivity index (χ0n) is 7.99. The van der Waals surface area contributed by atoms with Gasteiger partial charge in [0.2, 0.25) is 5.89 Å². The zero-order chi connectivity index (χ0) is 10.8. The molecule has 1 aromatic heterocycles. The highest BCUT2D eigenvalue weighted by atomic mass is 32.2. The van der Waals surface area contributed by atoms with Gasteiger partial charge in [-0.3, -0.25) is 4.79 Å². The van der Waals surface area contributed by atoms with Crippen LogP contribution in [0.1, 0.15) is 12.8 Å². The van der Waals surface area contributed by atoms with E-state index in [2.05, 4.69) is 4.98 Å². The van der Waals surface area contributed by atoms with Crippen LogP contribution in [-0.2, 0) is 10.5 Å². The third-order valence-electron chi connectivity index (χ3n) is 1.79. The van der Waals surface area contributed by atoms with E-state index in [1.807, 2.05) is 0 Å². The molecule has 0 spiro atoms. The number of aromatic nitrogens is 1. The average Bonchev–Trinajstić information content (AvgIpc) is 2.56. The number of hydrogen-bond acceptors (Lipinski definition) is 4. The minimum Gasteiger partial charge on any atom is -0.440 e. The summed E-state index contributed by atoms with van der Waals surface area (Å²) in [5, 5.41) is 0.00318. The van der Waals surface area contributed by atoms with E-state index in [1.165, 1.54) is 25.1 Å². The Bertz CT molecular complexity index is 509. The van der Waals surface area contributed by atoms with Gasteiger partial charge in [-0.2, -0.15) is 0 Å². The fourth-order valence-corrected chi connectivity index (χ4v) is 1.62. The molecule has 2 rings (SSSR count). The molecule has 0 atom stereocenters. The largest absolute Gasteiger partial charge is 0.440 e. The predicted molar refractivity (Wildman–Crippen MR) is 55.9 cm³/mol. The van der Waals surface area contributed by atoms with Crippen LogP contribution in [-0.4, -0.2) is 10.1 Å². The molecule has 0 saturated heterocycles. The van der Waals surface area contributed by atoms with Gasteiger partial charge >= 0.3 is 0 Å². The molecule has 0 amide bonds. The molecule has 0 unspecified atom stereocenters. The van der Waals surface area contributed by atoms with Crippen molar-refractivity contribution in [1.82, 2.24) is 4.98 Å². The number of rotatable bonds is 2. The van der Waals surface area contributed by atoms with Crippen molar-refractivity contribution in [2.24, 2.45) is 0 Å². The molecule has 1 aromatic carbocycles. The number of carbonyl (C=O) groups excluding carboxylic acids is 1. The van der Waals surface area contributed by atoms with Crippen molar-refractivity contribution in [1.29, 1.82) is 0 Å². The lowest BCUT2D eigenvalue weighted by molar-refractivity contribution is -0.109. The first-order valence-electron chi connectivity index (χ1n) is 4.33. The molecule has 0 saturated carbocycles. The molecular formula is C10H8FNO2S. The quantitative estimate of drug-likeness (QED) is 0.788. The number of nitrogens with zero attached hydrogens (tertiary/aromatic N) is 1. The van der Waals surface area contributed by atoms with Crippen molar-refractivity contribution in [2.45, 2.75) is 12.7 Å². The summed E-state index contributed by atoms with van der Waals surface area (Å²) in [7, 11) is 0. The summed E-state index contributed by atoms with van der Waals surface area (Å²) in [5.41, 5.74) is 1.02. The highest BCUT2D eigenvalue weighted by Crippen LogP contribution is 2.19. The van der Waals surface area contributed by atoms with Crippen molar-refractivity contribution in [3.8, 4) is 0 Å². The lowest BCUT2D eigenvalue weighted by Crippen LogP contribution is -1.84. The van der Waals surface area contributed by atoms with Crippen molar-refractivity contribution in [2.75, 3.05) is 0 Å². The second kappa shape index (κ2) is 4.02. The van der Waals surface area contributed by atoms with Crippen LogP contribution >= 0.6 is 11.8 Å². The summed E-state index contributed by atoms with van der Waals surface area (Å²) in [6, 6.07) is 4.15. The Morgan fingerprint density at radius 2 is 2.40 bits per heavy atom. The molecule has 0 radical (unpaired) electrons. The zero-order valence-corrected chi connectivity index (χ0v) is 8.81. The van der Waals surface area contributed by atoms with Crippen molar-refractivity contribution in [3.63, 3.8) is 0 Å². The highest BCUT2D eigenvalue weighted by Gasteiger charge is 2.07. The maximum absolute atomic E-state index is 12.8. The van der Waals surface area contributed by atoms with Crippen molar-refractivity contribution in [3.05, 3.63) is 29.9 Å². The maximum Gasteiger partial charge on any atom is 0.205 e. The number of halogens is 1. The molecule has 1 heterocycles. The first kappa shape index (κ1) is 10.2. The summed E-state index contributed by atoms with van der Waals surface area (Å²) in [4.78, 5) is 14.8. The van der Waals surface area contributed by atoms with Crippen LogP contribution in [0.25, 0.3) is 11.1 Å². The summed E-state index contributed by atoms with van der Waals surface area (Å²) in [5.74, 6) is 0.475. The SMILES string of the molecule is CC(=O)SCc1nc2cc(F)ccc2o1.